The smallest absolute Gasteiger partial charge is 0.308 e. The molecule has 4 heteroatoms. The molecule has 0 bridgehead atoms. The van der Waals surface area contributed by atoms with E-state index < -0.39 is 0 Å². The van der Waals surface area contributed by atoms with Crippen molar-refractivity contribution in [3.63, 3.8) is 0 Å². The molecule has 2 amide bonds. The zero-order valence-corrected chi connectivity index (χ0v) is 11.6. The number of benzene rings is 2. The first kappa shape index (κ1) is 13.4. The number of hydrogen-bond acceptors (Lipinski definition) is 1. The van der Waals surface area contributed by atoms with E-state index in [0.29, 0.717) is 10.7 Å². The Bertz CT molecular complexity index is 573. The molecule has 0 fully saturated rings. The second-order valence-corrected chi connectivity index (χ2v) is 4.79. The molecule has 0 spiro atoms. The van der Waals surface area contributed by atoms with Gasteiger partial charge in [-0.05, 0) is 49.2 Å². The molecule has 0 aliphatic rings. The van der Waals surface area contributed by atoms with E-state index in [9.17, 15) is 4.79 Å². The van der Waals surface area contributed by atoms with Crippen LogP contribution >= 0.6 is 11.6 Å². The standard InChI is InChI=1S/C15H15ClN2O/c1-10-4-3-5-11(2)14(10)18-15(19)17-13-8-6-12(16)7-9-13/h3-9H,1-2H3,(H2,17,18,19). The third kappa shape index (κ3) is 3.48. The largest absolute Gasteiger partial charge is 0.323 e. The van der Waals surface area contributed by atoms with Gasteiger partial charge in [0.1, 0.15) is 0 Å². The maximum Gasteiger partial charge on any atom is 0.323 e. The van der Waals surface area contributed by atoms with E-state index in [0.717, 1.165) is 16.8 Å². The van der Waals surface area contributed by atoms with Gasteiger partial charge in [-0.3, -0.25) is 0 Å². The van der Waals surface area contributed by atoms with Crippen molar-refractivity contribution >= 4 is 29.0 Å². The van der Waals surface area contributed by atoms with Crippen molar-refractivity contribution in [3.8, 4) is 0 Å². The summed E-state index contributed by atoms with van der Waals surface area (Å²) in [4.78, 5) is 11.9. The van der Waals surface area contributed by atoms with Gasteiger partial charge in [0.2, 0.25) is 0 Å². The molecular weight excluding hydrogens is 260 g/mol. The molecule has 2 N–H and O–H groups in total. The number of hydrogen-bond donors (Lipinski definition) is 2. The molecule has 98 valence electrons. The number of carbonyl (C=O) groups is 1. The molecular formula is C15H15ClN2O. The molecule has 0 aliphatic carbocycles. The van der Waals surface area contributed by atoms with E-state index in [1.54, 1.807) is 24.3 Å². The lowest BCUT2D eigenvalue weighted by atomic mass is 10.1. The van der Waals surface area contributed by atoms with Crippen molar-refractivity contribution in [2.75, 3.05) is 10.6 Å². The van der Waals surface area contributed by atoms with Crippen molar-refractivity contribution in [2.45, 2.75) is 13.8 Å². The number of amides is 2. The molecule has 0 heterocycles. The predicted octanol–water partition coefficient (Wildman–Crippen LogP) is 4.60. The van der Waals surface area contributed by atoms with E-state index in [1.165, 1.54) is 0 Å². The van der Waals surface area contributed by atoms with Gasteiger partial charge in [-0.1, -0.05) is 29.8 Å². The van der Waals surface area contributed by atoms with Crippen LogP contribution in [0.2, 0.25) is 5.02 Å². The minimum absolute atomic E-state index is 0.264. The van der Waals surface area contributed by atoms with E-state index >= 15 is 0 Å². The van der Waals surface area contributed by atoms with Crippen molar-refractivity contribution < 1.29 is 4.79 Å². The maximum atomic E-state index is 11.9. The monoisotopic (exact) mass is 274 g/mol. The third-order valence-electron chi connectivity index (χ3n) is 2.82. The Hall–Kier alpha value is -2.00. The van der Waals surface area contributed by atoms with E-state index in [1.807, 2.05) is 32.0 Å². The second kappa shape index (κ2) is 5.76. The molecule has 0 unspecified atom stereocenters. The van der Waals surface area contributed by atoms with Crippen molar-refractivity contribution in [3.05, 3.63) is 58.6 Å². The summed E-state index contributed by atoms with van der Waals surface area (Å²) in [5.74, 6) is 0. The van der Waals surface area contributed by atoms with E-state index in [4.69, 9.17) is 11.6 Å². The van der Waals surface area contributed by atoms with Crippen LogP contribution < -0.4 is 10.6 Å². The SMILES string of the molecule is Cc1cccc(C)c1NC(=O)Nc1ccc(Cl)cc1. The zero-order chi connectivity index (χ0) is 13.8. The Morgan fingerprint density at radius 1 is 0.947 bits per heavy atom. The normalized spacial score (nSPS) is 10.1. The lowest BCUT2D eigenvalue weighted by Gasteiger charge is -2.12. The number of aryl methyl sites for hydroxylation is 2. The molecule has 3 nitrogen and oxygen atoms in total. The van der Waals surface area contributed by atoms with Crippen LogP contribution in [0.5, 0.6) is 0 Å². The Balaban J connectivity index is 2.07. The van der Waals surface area contributed by atoms with Crippen LogP contribution in [0.3, 0.4) is 0 Å². The van der Waals surface area contributed by atoms with Gasteiger partial charge >= 0.3 is 6.03 Å². The highest BCUT2D eigenvalue weighted by molar-refractivity contribution is 6.30. The van der Waals surface area contributed by atoms with E-state index in [-0.39, 0.29) is 6.03 Å². The van der Waals surface area contributed by atoms with Crippen LogP contribution in [-0.2, 0) is 0 Å². The summed E-state index contributed by atoms with van der Waals surface area (Å²) in [6.07, 6.45) is 0. The highest BCUT2D eigenvalue weighted by Crippen LogP contribution is 2.20. The molecule has 0 aliphatic heterocycles. The molecule has 0 atom stereocenters. The summed E-state index contributed by atoms with van der Waals surface area (Å²) in [7, 11) is 0. The topological polar surface area (TPSA) is 41.1 Å². The van der Waals surface area contributed by atoms with Gasteiger partial charge in [0, 0.05) is 16.4 Å². The fourth-order valence-corrected chi connectivity index (χ4v) is 1.95. The highest BCUT2D eigenvalue weighted by Gasteiger charge is 2.07. The summed E-state index contributed by atoms with van der Waals surface area (Å²) in [5, 5.41) is 6.26. The Kier molecular flexibility index (Phi) is 4.07. The molecule has 2 aromatic rings. The maximum absolute atomic E-state index is 11.9. The first-order valence-corrected chi connectivity index (χ1v) is 6.34. The minimum atomic E-state index is -0.264. The fourth-order valence-electron chi connectivity index (χ4n) is 1.82. The van der Waals surface area contributed by atoms with Gasteiger partial charge in [0.05, 0.1) is 0 Å². The van der Waals surface area contributed by atoms with Gasteiger partial charge in [-0.2, -0.15) is 0 Å². The summed E-state index contributed by atoms with van der Waals surface area (Å²) >= 11 is 5.79. The summed E-state index contributed by atoms with van der Waals surface area (Å²) in [5.41, 5.74) is 3.61. The molecule has 0 aromatic heterocycles. The number of rotatable bonds is 2. The number of carbonyl (C=O) groups excluding carboxylic acids is 1. The van der Waals surface area contributed by atoms with Crippen LogP contribution in [0, 0.1) is 13.8 Å². The van der Waals surface area contributed by atoms with Crippen LogP contribution in [0.4, 0.5) is 16.2 Å². The summed E-state index contributed by atoms with van der Waals surface area (Å²) in [6.45, 7) is 3.93. The lowest BCUT2D eigenvalue weighted by Crippen LogP contribution is -2.20. The average molecular weight is 275 g/mol. The van der Waals surface area contributed by atoms with Gasteiger partial charge < -0.3 is 10.6 Å². The third-order valence-corrected chi connectivity index (χ3v) is 3.07. The number of nitrogens with one attached hydrogen (secondary N) is 2. The predicted molar refractivity (Wildman–Crippen MR) is 80.0 cm³/mol. The zero-order valence-electron chi connectivity index (χ0n) is 10.8. The fraction of sp³-hybridized carbons (Fsp3) is 0.133. The Labute approximate surface area is 117 Å². The van der Waals surface area contributed by atoms with Crippen LogP contribution in [0.1, 0.15) is 11.1 Å². The van der Waals surface area contributed by atoms with Crippen molar-refractivity contribution in [1.82, 2.24) is 0 Å². The van der Waals surface area contributed by atoms with Crippen molar-refractivity contribution in [1.29, 1.82) is 0 Å². The second-order valence-electron chi connectivity index (χ2n) is 4.35. The Morgan fingerprint density at radius 2 is 1.53 bits per heavy atom. The van der Waals surface area contributed by atoms with E-state index in [2.05, 4.69) is 10.6 Å². The number of para-hydroxylation sites is 1. The van der Waals surface area contributed by atoms with Gasteiger partial charge in [0.25, 0.3) is 0 Å². The molecule has 0 radical (unpaired) electrons. The van der Waals surface area contributed by atoms with Gasteiger partial charge in [0.15, 0.2) is 0 Å². The molecule has 2 aromatic carbocycles. The quantitative estimate of drug-likeness (QED) is 0.825. The van der Waals surface area contributed by atoms with Crippen molar-refractivity contribution in [2.24, 2.45) is 0 Å². The first-order valence-electron chi connectivity index (χ1n) is 5.96. The van der Waals surface area contributed by atoms with Gasteiger partial charge in [-0.15, -0.1) is 0 Å². The van der Waals surface area contributed by atoms with Gasteiger partial charge in [-0.25, -0.2) is 4.79 Å². The minimum Gasteiger partial charge on any atom is -0.308 e. The number of halogens is 1. The summed E-state index contributed by atoms with van der Waals surface area (Å²) in [6, 6.07) is 12.6. The molecule has 0 saturated carbocycles. The molecule has 0 saturated heterocycles. The highest BCUT2D eigenvalue weighted by atomic mass is 35.5. The lowest BCUT2D eigenvalue weighted by molar-refractivity contribution is 0.262. The van der Waals surface area contributed by atoms with Crippen LogP contribution in [-0.4, -0.2) is 6.03 Å². The summed E-state index contributed by atoms with van der Waals surface area (Å²) < 4.78 is 0. The molecule has 2 rings (SSSR count). The van der Waals surface area contributed by atoms with Crippen LogP contribution in [0.15, 0.2) is 42.5 Å². The Morgan fingerprint density at radius 3 is 2.11 bits per heavy atom. The van der Waals surface area contributed by atoms with Crippen LogP contribution in [0.25, 0.3) is 0 Å². The average Bonchev–Trinajstić information content (AvgIpc) is 2.37. The first-order chi connectivity index (χ1) is 9.06. The number of urea groups is 1. The number of anilines is 2. The molecule has 19 heavy (non-hydrogen) atoms.